The van der Waals surface area contributed by atoms with E-state index in [2.05, 4.69) is 0 Å². The first-order valence-corrected chi connectivity index (χ1v) is 8.13. The summed E-state index contributed by atoms with van der Waals surface area (Å²) in [5.74, 6) is -0.723. The molecule has 0 N–H and O–H groups in total. The average Bonchev–Trinajstić information content (AvgIpc) is 2.46. The van der Waals surface area contributed by atoms with Crippen molar-refractivity contribution in [1.29, 1.82) is 0 Å². The van der Waals surface area contributed by atoms with E-state index in [9.17, 15) is 9.59 Å². The van der Waals surface area contributed by atoms with Crippen molar-refractivity contribution < 1.29 is 19.1 Å². The molecular weight excluding hydrogens is 341 g/mol. The molecule has 5 nitrogen and oxygen atoms in total. The highest BCUT2D eigenvalue weighted by atomic mass is 35.5. The molecule has 2 unspecified atom stereocenters. The monoisotopic (exact) mass is 359 g/mol. The molecule has 1 heterocycles. The summed E-state index contributed by atoms with van der Waals surface area (Å²) in [6.45, 7) is 4.55. The summed E-state index contributed by atoms with van der Waals surface area (Å²) in [7, 11) is 0. The summed E-state index contributed by atoms with van der Waals surface area (Å²) in [5, 5.41) is 0.898. The van der Waals surface area contributed by atoms with Crippen LogP contribution in [0, 0.1) is 0 Å². The highest BCUT2D eigenvalue weighted by Gasteiger charge is 2.26. The maximum absolute atomic E-state index is 12.1. The quantitative estimate of drug-likeness (QED) is 0.775. The Bertz CT molecular complexity index is 583. The number of esters is 1. The van der Waals surface area contributed by atoms with Gasteiger partial charge in [-0.2, -0.15) is 0 Å². The van der Waals surface area contributed by atoms with E-state index in [0.29, 0.717) is 28.7 Å². The van der Waals surface area contributed by atoms with E-state index >= 15 is 0 Å². The number of morpholine rings is 1. The second-order valence-electron chi connectivity index (χ2n) is 5.63. The molecule has 0 aliphatic carbocycles. The summed E-state index contributed by atoms with van der Waals surface area (Å²) in [6.07, 6.45) is -0.0447. The number of rotatable bonds is 4. The summed E-state index contributed by atoms with van der Waals surface area (Å²) in [5.41, 5.74) is 0.613. The molecule has 0 saturated carbocycles. The van der Waals surface area contributed by atoms with Crippen molar-refractivity contribution in [2.45, 2.75) is 32.5 Å². The van der Waals surface area contributed by atoms with E-state index in [0.717, 1.165) is 0 Å². The summed E-state index contributed by atoms with van der Waals surface area (Å²) in [4.78, 5) is 25.6. The van der Waals surface area contributed by atoms with Gasteiger partial charge in [0, 0.05) is 23.1 Å². The normalized spacial score (nSPS) is 21.1. The number of ether oxygens (including phenoxy) is 2. The topological polar surface area (TPSA) is 55.8 Å². The van der Waals surface area contributed by atoms with E-state index < -0.39 is 5.97 Å². The minimum absolute atomic E-state index is 0.000795. The summed E-state index contributed by atoms with van der Waals surface area (Å²) in [6, 6.07) is 4.88. The largest absolute Gasteiger partial charge is 0.455 e. The maximum atomic E-state index is 12.1. The lowest BCUT2D eigenvalue weighted by atomic mass is 10.1. The molecule has 1 saturated heterocycles. The van der Waals surface area contributed by atoms with Crippen molar-refractivity contribution >= 4 is 35.1 Å². The molecule has 2 atom stereocenters. The van der Waals surface area contributed by atoms with Crippen molar-refractivity contribution in [1.82, 2.24) is 4.90 Å². The molecule has 1 aromatic rings. The van der Waals surface area contributed by atoms with Gasteiger partial charge in [0.05, 0.1) is 18.6 Å². The standard InChI is InChI=1S/C16H19Cl2NO4/c1-10-7-19(8-11(2)23-10)15(20)9-22-16(21)5-12-3-4-13(17)6-14(12)18/h3-4,6,10-11H,5,7-9H2,1-2H3. The minimum atomic E-state index is -0.503. The van der Waals surface area contributed by atoms with E-state index in [1.165, 1.54) is 0 Å². The molecule has 2 rings (SSSR count). The first-order valence-electron chi connectivity index (χ1n) is 7.38. The number of hydrogen-bond acceptors (Lipinski definition) is 4. The fourth-order valence-electron chi connectivity index (χ4n) is 2.49. The van der Waals surface area contributed by atoms with Gasteiger partial charge in [-0.3, -0.25) is 9.59 Å². The van der Waals surface area contributed by atoms with Crippen molar-refractivity contribution in [2.24, 2.45) is 0 Å². The van der Waals surface area contributed by atoms with Crippen LogP contribution in [-0.2, 0) is 25.5 Å². The number of amides is 1. The first-order chi connectivity index (χ1) is 10.8. The Hall–Kier alpha value is -1.30. The van der Waals surface area contributed by atoms with Gasteiger partial charge < -0.3 is 14.4 Å². The van der Waals surface area contributed by atoms with Gasteiger partial charge in [-0.25, -0.2) is 0 Å². The predicted molar refractivity (Wildman–Crippen MR) is 87.7 cm³/mol. The SMILES string of the molecule is CC1CN(C(=O)COC(=O)Cc2ccc(Cl)cc2Cl)CC(C)O1. The number of nitrogens with zero attached hydrogens (tertiary/aromatic N) is 1. The van der Waals surface area contributed by atoms with Crippen LogP contribution in [0.25, 0.3) is 0 Å². The van der Waals surface area contributed by atoms with Crippen LogP contribution < -0.4 is 0 Å². The Labute approximate surface area is 145 Å². The summed E-state index contributed by atoms with van der Waals surface area (Å²) >= 11 is 11.8. The Kier molecular flexibility index (Phi) is 6.27. The fraction of sp³-hybridized carbons (Fsp3) is 0.500. The van der Waals surface area contributed by atoms with Crippen LogP contribution in [0.15, 0.2) is 18.2 Å². The van der Waals surface area contributed by atoms with Crippen molar-refractivity contribution in [3.8, 4) is 0 Å². The van der Waals surface area contributed by atoms with E-state index in [4.69, 9.17) is 32.7 Å². The van der Waals surface area contributed by atoms with Gasteiger partial charge >= 0.3 is 5.97 Å². The Morgan fingerprint density at radius 2 is 1.91 bits per heavy atom. The highest BCUT2D eigenvalue weighted by molar-refractivity contribution is 6.35. The lowest BCUT2D eigenvalue weighted by Gasteiger charge is -2.35. The maximum Gasteiger partial charge on any atom is 0.310 e. The number of benzene rings is 1. The number of hydrogen-bond donors (Lipinski definition) is 0. The molecule has 0 bridgehead atoms. The molecule has 1 amide bonds. The van der Waals surface area contributed by atoms with E-state index in [1.54, 1.807) is 23.1 Å². The fourth-order valence-corrected chi connectivity index (χ4v) is 2.96. The van der Waals surface area contributed by atoms with Crippen LogP contribution in [0.4, 0.5) is 0 Å². The molecule has 1 aliphatic heterocycles. The van der Waals surface area contributed by atoms with Gasteiger partial charge in [0.15, 0.2) is 6.61 Å². The van der Waals surface area contributed by atoms with Gasteiger partial charge in [-0.1, -0.05) is 29.3 Å². The van der Waals surface area contributed by atoms with Crippen molar-refractivity contribution in [3.05, 3.63) is 33.8 Å². The first kappa shape index (κ1) is 18.0. The van der Waals surface area contributed by atoms with Gasteiger partial charge in [-0.05, 0) is 31.5 Å². The number of carbonyl (C=O) groups is 2. The molecular formula is C16H19Cl2NO4. The van der Waals surface area contributed by atoms with Gasteiger partial charge in [-0.15, -0.1) is 0 Å². The van der Waals surface area contributed by atoms with E-state index in [-0.39, 0.29) is 31.1 Å². The lowest BCUT2D eigenvalue weighted by Crippen LogP contribution is -2.49. The predicted octanol–water partition coefficient (Wildman–Crippen LogP) is 2.71. The van der Waals surface area contributed by atoms with Crippen LogP contribution in [0.1, 0.15) is 19.4 Å². The molecule has 1 aromatic carbocycles. The third-order valence-electron chi connectivity index (χ3n) is 3.48. The van der Waals surface area contributed by atoms with Crippen LogP contribution in [-0.4, -0.2) is 48.7 Å². The third kappa shape index (κ3) is 5.37. The Morgan fingerprint density at radius 3 is 2.52 bits per heavy atom. The van der Waals surface area contributed by atoms with Crippen LogP contribution in [0.2, 0.25) is 10.0 Å². The molecule has 7 heteroatoms. The van der Waals surface area contributed by atoms with E-state index in [1.807, 2.05) is 13.8 Å². The van der Waals surface area contributed by atoms with Crippen LogP contribution in [0.5, 0.6) is 0 Å². The van der Waals surface area contributed by atoms with Gasteiger partial charge in [0.2, 0.25) is 0 Å². The second kappa shape index (κ2) is 7.99. The zero-order valence-corrected chi connectivity index (χ0v) is 14.6. The lowest BCUT2D eigenvalue weighted by molar-refractivity contribution is -0.156. The highest BCUT2D eigenvalue weighted by Crippen LogP contribution is 2.21. The van der Waals surface area contributed by atoms with Gasteiger partial charge in [0.25, 0.3) is 5.91 Å². The average molecular weight is 360 g/mol. The van der Waals surface area contributed by atoms with Crippen LogP contribution in [0.3, 0.4) is 0 Å². The minimum Gasteiger partial charge on any atom is -0.455 e. The third-order valence-corrected chi connectivity index (χ3v) is 4.07. The number of carbonyl (C=O) groups excluding carboxylic acids is 2. The Balaban J connectivity index is 1.83. The zero-order valence-electron chi connectivity index (χ0n) is 13.1. The molecule has 126 valence electrons. The molecule has 23 heavy (non-hydrogen) atoms. The smallest absolute Gasteiger partial charge is 0.310 e. The Morgan fingerprint density at radius 1 is 1.26 bits per heavy atom. The second-order valence-corrected chi connectivity index (χ2v) is 6.47. The van der Waals surface area contributed by atoms with Crippen molar-refractivity contribution in [2.75, 3.05) is 19.7 Å². The molecule has 1 fully saturated rings. The van der Waals surface area contributed by atoms with Gasteiger partial charge in [0.1, 0.15) is 0 Å². The van der Waals surface area contributed by atoms with Crippen molar-refractivity contribution in [3.63, 3.8) is 0 Å². The number of halogens is 2. The molecule has 0 radical (unpaired) electrons. The molecule has 0 spiro atoms. The molecule has 0 aromatic heterocycles. The summed E-state index contributed by atoms with van der Waals surface area (Å²) < 4.78 is 10.6. The molecule has 1 aliphatic rings. The van der Waals surface area contributed by atoms with Crippen LogP contribution >= 0.6 is 23.2 Å². The zero-order chi connectivity index (χ0) is 17.0.